The summed E-state index contributed by atoms with van der Waals surface area (Å²) in [7, 11) is 0. The largest absolute Gasteiger partial charge is 0.366 e. The van der Waals surface area contributed by atoms with Crippen LogP contribution in [0.5, 0.6) is 0 Å². The zero-order chi connectivity index (χ0) is 11.1. The summed E-state index contributed by atoms with van der Waals surface area (Å²) in [5.41, 5.74) is 0.316. The maximum absolute atomic E-state index is 6.59. The Labute approximate surface area is 99.1 Å². The van der Waals surface area contributed by atoms with Crippen molar-refractivity contribution in [3.05, 3.63) is 0 Å². The highest BCUT2D eigenvalue weighted by Gasteiger charge is 2.45. The van der Waals surface area contributed by atoms with Gasteiger partial charge in [-0.15, -0.1) is 0 Å². The van der Waals surface area contributed by atoms with Gasteiger partial charge in [-0.2, -0.15) is 0 Å². The average Bonchev–Trinajstić information content (AvgIpc) is 3.01. The van der Waals surface area contributed by atoms with E-state index in [2.05, 4.69) is 12.2 Å². The van der Waals surface area contributed by atoms with E-state index in [1.165, 1.54) is 51.4 Å². The molecule has 3 rings (SSSR count). The van der Waals surface area contributed by atoms with Crippen LogP contribution in [0.1, 0.15) is 58.3 Å². The summed E-state index contributed by atoms with van der Waals surface area (Å²) >= 11 is 0. The van der Waals surface area contributed by atoms with Gasteiger partial charge in [0.25, 0.3) is 0 Å². The van der Waals surface area contributed by atoms with Crippen LogP contribution >= 0.6 is 0 Å². The fourth-order valence-corrected chi connectivity index (χ4v) is 3.67. The minimum Gasteiger partial charge on any atom is -0.366 e. The second kappa shape index (κ2) is 3.99. The first-order valence-electron chi connectivity index (χ1n) is 7.11. The lowest BCUT2D eigenvalue weighted by molar-refractivity contribution is -0.187. The smallest absolute Gasteiger partial charge is 0.0814 e. The second-order valence-electron chi connectivity index (χ2n) is 6.55. The van der Waals surface area contributed by atoms with Gasteiger partial charge in [-0.25, -0.2) is 0 Å². The lowest BCUT2D eigenvalue weighted by Crippen LogP contribution is -2.60. The van der Waals surface area contributed by atoms with Crippen molar-refractivity contribution in [3.63, 3.8) is 0 Å². The molecule has 0 amide bonds. The quantitative estimate of drug-likeness (QED) is 0.777. The Morgan fingerprint density at radius 1 is 1.12 bits per heavy atom. The summed E-state index contributed by atoms with van der Waals surface area (Å²) < 4.78 is 6.59. The zero-order valence-electron chi connectivity index (χ0n) is 10.6. The van der Waals surface area contributed by atoms with Gasteiger partial charge in [0.15, 0.2) is 0 Å². The van der Waals surface area contributed by atoms with E-state index in [1.54, 1.807) is 0 Å². The number of rotatable bonds is 2. The minimum absolute atomic E-state index is 0.122. The van der Waals surface area contributed by atoms with Crippen molar-refractivity contribution in [2.24, 2.45) is 5.92 Å². The molecular formula is C14H25NO. The fraction of sp³-hybridized carbons (Fsp3) is 1.00. The molecule has 16 heavy (non-hydrogen) atoms. The van der Waals surface area contributed by atoms with Crippen LogP contribution in [0.4, 0.5) is 0 Å². The van der Waals surface area contributed by atoms with Crippen molar-refractivity contribution in [2.75, 3.05) is 13.1 Å². The maximum Gasteiger partial charge on any atom is 0.0814 e. The van der Waals surface area contributed by atoms with Gasteiger partial charge in [-0.05, 0) is 32.1 Å². The van der Waals surface area contributed by atoms with E-state index in [-0.39, 0.29) is 11.2 Å². The molecule has 2 saturated carbocycles. The maximum atomic E-state index is 6.59. The van der Waals surface area contributed by atoms with Crippen LogP contribution in [-0.4, -0.2) is 24.3 Å². The molecule has 1 aliphatic heterocycles. The van der Waals surface area contributed by atoms with E-state index in [9.17, 15) is 0 Å². The molecule has 1 N–H and O–H groups in total. The molecule has 92 valence electrons. The Kier molecular flexibility index (Phi) is 2.75. The first-order valence-corrected chi connectivity index (χ1v) is 7.11. The molecule has 3 fully saturated rings. The van der Waals surface area contributed by atoms with E-state index in [0.29, 0.717) is 0 Å². The molecule has 0 aromatic carbocycles. The Balaban J connectivity index is 1.67. The lowest BCUT2D eigenvalue weighted by Gasteiger charge is -2.49. The molecule has 2 heteroatoms. The number of nitrogens with one attached hydrogen (secondary N) is 1. The summed E-state index contributed by atoms with van der Waals surface area (Å²) in [6.45, 7) is 4.48. The highest BCUT2D eigenvalue weighted by Crippen LogP contribution is 2.43. The highest BCUT2D eigenvalue weighted by atomic mass is 16.5. The molecule has 1 heterocycles. The van der Waals surface area contributed by atoms with Crippen LogP contribution in [0.2, 0.25) is 0 Å². The molecule has 1 unspecified atom stereocenters. The number of hydrogen-bond acceptors (Lipinski definition) is 2. The van der Waals surface area contributed by atoms with Gasteiger partial charge in [-0.3, -0.25) is 0 Å². The predicted octanol–water partition coefficient (Wildman–Crippen LogP) is 2.87. The molecular weight excluding hydrogens is 198 g/mol. The van der Waals surface area contributed by atoms with Crippen molar-refractivity contribution in [2.45, 2.75) is 69.5 Å². The fourth-order valence-electron chi connectivity index (χ4n) is 3.67. The van der Waals surface area contributed by atoms with Crippen LogP contribution in [0.15, 0.2) is 0 Å². The molecule has 0 radical (unpaired) electrons. The third kappa shape index (κ3) is 2.28. The molecule has 0 aromatic heterocycles. The monoisotopic (exact) mass is 223 g/mol. The molecule has 3 aliphatic rings. The predicted molar refractivity (Wildman–Crippen MR) is 65.5 cm³/mol. The standard InChI is InChI=1S/C14H25NO/c1-13(9-12-5-6-12)10-15-11-14(16-13)7-3-2-4-8-14/h12,15H,2-11H2,1H3. The minimum atomic E-state index is 0.122. The summed E-state index contributed by atoms with van der Waals surface area (Å²) in [6.07, 6.45) is 10.8. The van der Waals surface area contributed by atoms with Gasteiger partial charge in [-0.1, -0.05) is 32.1 Å². The van der Waals surface area contributed by atoms with Gasteiger partial charge in [0.05, 0.1) is 11.2 Å². The molecule has 2 nitrogen and oxygen atoms in total. The summed E-state index contributed by atoms with van der Waals surface area (Å²) in [5, 5.41) is 3.64. The van der Waals surface area contributed by atoms with E-state index in [4.69, 9.17) is 4.74 Å². The molecule has 0 aromatic rings. The normalized spacial score (nSPS) is 38.8. The van der Waals surface area contributed by atoms with Crippen molar-refractivity contribution in [3.8, 4) is 0 Å². The Hall–Kier alpha value is -0.0800. The van der Waals surface area contributed by atoms with E-state index < -0.39 is 0 Å². The van der Waals surface area contributed by atoms with Crippen LogP contribution < -0.4 is 5.32 Å². The van der Waals surface area contributed by atoms with Crippen LogP contribution in [0.25, 0.3) is 0 Å². The van der Waals surface area contributed by atoms with E-state index >= 15 is 0 Å². The van der Waals surface area contributed by atoms with Crippen molar-refractivity contribution in [1.82, 2.24) is 5.32 Å². The summed E-state index contributed by atoms with van der Waals surface area (Å²) in [6, 6.07) is 0. The summed E-state index contributed by atoms with van der Waals surface area (Å²) in [5.74, 6) is 0.963. The van der Waals surface area contributed by atoms with Crippen LogP contribution in [-0.2, 0) is 4.74 Å². The third-order valence-electron chi connectivity index (χ3n) is 4.59. The molecule has 1 saturated heterocycles. The van der Waals surface area contributed by atoms with Crippen molar-refractivity contribution < 1.29 is 4.74 Å². The first-order chi connectivity index (χ1) is 7.70. The molecule has 2 aliphatic carbocycles. The first kappa shape index (κ1) is 11.0. The number of ether oxygens (including phenoxy) is 1. The van der Waals surface area contributed by atoms with E-state index in [1.807, 2.05) is 0 Å². The molecule has 1 atom stereocenters. The van der Waals surface area contributed by atoms with Gasteiger partial charge in [0, 0.05) is 13.1 Å². The third-order valence-corrected chi connectivity index (χ3v) is 4.59. The van der Waals surface area contributed by atoms with Crippen LogP contribution in [0, 0.1) is 5.92 Å². The molecule has 0 bridgehead atoms. The van der Waals surface area contributed by atoms with Gasteiger partial charge < -0.3 is 10.1 Å². The second-order valence-corrected chi connectivity index (χ2v) is 6.55. The van der Waals surface area contributed by atoms with Gasteiger partial charge in [0.1, 0.15) is 0 Å². The Bertz CT molecular complexity index is 250. The lowest BCUT2D eigenvalue weighted by atomic mass is 9.81. The van der Waals surface area contributed by atoms with Crippen molar-refractivity contribution in [1.29, 1.82) is 0 Å². The highest BCUT2D eigenvalue weighted by molar-refractivity contribution is 4.98. The Morgan fingerprint density at radius 3 is 2.56 bits per heavy atom. The number of hydrogen-bond donors (Lipinski definition) is 1. The van der Waals surface area contributed by atoms with Crippen molar-refractivity contribution >= 4 is 0 Å². The SMILES string of the molecule is CC1(CC2CC2)CNCC2(CCCCC2)O1. The van der Waals surface area contributed by atoms with Crippen LogP contribution in [0.3, 0.4) is 0 Å². The Morgan fingerprint density at radius 2 is 1.88 bits per heavy atom. The molecule has 1 spiro atoms. The topological polar surface area (TPSA) is 21.3 Å². The average molecular weight is 223 g/mol. The summed E-state index contributed by atoms with van der Waals surface area (Å²) in [4.78, 5) is 0. The van der Waals surface area contributed by atoms with Gasteiger partial charge >= 0.3 is 0 Å². The number of morpholine rings is 1. The van der Waals surface area contributed by atoms with Gasteiger partial charge in [0.2, 0.25) is 0 Å². The zero-order valence-corrected chi connectivity index (χ0v) is 10.6. The van der Waals surface area contributed by atoms with E-state index in [0.717, 1.165) is 19.0 Å².